The molecule has 0 radical (unpaired) electrons. The van der Waals surface area contributed by atoms with E-state index in [2.05, 4.69) is 50.4 Å². The van der Waals surface area contributed by atoms with Gasteiger partial charge in [0.25, 0.3) is 0 Å². The SMILES string of the molecule is CC/C=C/C=C/C=C\CCCCCCCC(=O)OC1C(OCC(NC(=O)C(O)CCCCCC\C=C/C=C/C=C/CC)C(O)/C=C/CCCCCCCCCCCC)OC(CO)C(O)C1O. The number of ether oxygens (including phenoxy) is 3. The fourth-order valence-electron chi connectivity index (χ4n) is 7.53. The number of carbonyl (C=O) groups is 2. The Balaban J connectivity index is 2.82. The molecule has 0 aromatic rings. The van der Waals surface area contributed by atoms with Crippen LogP contribution in [-0.2, 0) is 23.8 Å². The van der Waals surface area contributed by atoms with E-state index in [1.807, 2.05) is 54.7 Å². The minimum Gasteiger partial charge on any atom is -0.454 e. The summed E-state index contributed by atoms with van der Waals surface area (Å²) in [5, 5.41) is 56.5. The van der Waals surface area contributed by atoms with Gasteiger partial charge in [0, 0.05) is 6.42 Å². The van der Waals surface area contributed by atoms with E-state index >= 15 is 0 Å². The zero-order valence-corrected chi connectivity index (χ0v) is 41.3. The number of esters is 1. The number of amides is 1. The van der Waals surface area contributed by atoms with Crippen molar-refractivity contribution in [3.05, 3.63) is 85.1 Å². The largest absolute Gasteiger partial charge is 0.454 e. The lowest BCUT2D eigenvalue weighted by Gasteiger charge is -2.41. The summed E-state index contributed by atoms with van der Waals surface area (Å²) in [6, 6.07) is -1.04. The average molecular weight is 928 g/mol. The molecule has 0 aromatic heterocycles. The Hall–Kier alpha value is -3.16. The molecule has 0 saturated carbocycles. The van der Waals surface area contributed by atoms with Gasteiger partial charge in [-0.1, -0.05) is 202 Å². The second kappa shape index (κ2) is 43.1. The maximum absolute atomic E-state index is 13.3. The molecule has 11 heteroatoms. The zero-order chi connectivity index (χ0) is 48.3. The molecule has 1 heterocycles. The molecule has 0 aliphatic carbocycles. The van der Waals surface area contributed by atoms with Gasteiger partial charge in [-0.2, -0.15) is 0 Å². The van der Waals surface area contributed by atoms with Gasteiger partial charge in [-0.25, -0.2) is 0 Å². The third kappa shape index (κ3) is 31.7. The Morgan fingerprint density at radius 1 is 0.606 bits per heavy atom. The molecule has 1 rings (SSSR count). The van der Waals surface area contributed by atoms with Crippen molar-refractivity contribution in [1.29, 1.82) is 0 Å². The Bertz CT molecular complexity index is 1390. The van der Waals surface area contributed by atoms with Crippen LogP contribution in [0, 0.1) is 0 Å². The maximum Gasteiger partial charge on any atom is 0.306 e. The molecule has 0 spiro atoms. The van der Waals surface area contributed by atoms with Crippen LogP contribution in [0.5, 0.6) is 0 Å². The highest BCUT2D eigenvalue weighted by Crippen LogP contribution is 2.26. The molecule has 66 heavy (non-hydrogen) atoms. The van der Waals surface area contributed by atoms with E-state index in [0.29, 0.717) is 12.8 Å². The van der Waals surface area contributed by atoms with Gasteiger partial charge in [-0.3, -0.25) is 9.59 Å². The predicted molar refractivity (Wildman–Crippen MR) is 269 cm³/mol. The summed E-state index contributed by atoms with van der Waals surface area (Å²) < 4.78 is 17.5. The van der Waals surface area contributed by atoms with E-state index in [-0.39, 0.29) is 19.4 Å². The third-order valence-corrected chi connectivity index (χ3v) is 11.7. The lowest BCUT2D eigenvalue weighted by molar-refractivity contribution is -0.305. The highest BCUT2D eigenvalue weighted by atomic mass is 16.7. The number of rotatable bonds is 41. The quantitative estimate of drug-likeness (QED) is 0.0150. The van der Waals surface area contributed by atoms with Gasteiger partial charge in [0.05, 0.1) is 25.4 Å². The van der Waals surface area contributed by atoms with Crippen molar-refractivity contribution in [2.75, 3.05) is 13.2 Å². The van der Waals surface area contributed by atoms with Crippen molar-refractivity contribution in [2.45, 2.75) is 237 Å². The zero-order valence-electron chi connectivity index (χ0n) is 41.3. The molecular weight excluding hydrogens is 835 g/mol. The normalized spacial score (nSPS) is 20.9. The summed E-state index contributed by atoms with van der Waals surface area (Å²) in [7, 11) is 0. The van der Waals surface area contributed by atoms with Gasteiger partial charge in [0.1, 0.15) is 24.4 Å². The lowest BCUT2D eigenvalue weighted by Crippen LogP contribution is -2.61. The number of nitrogens with one attached hydrogen (secondary N) is 1. The van der Waals surface area contributed by atoms with Crippen molar-refractivity contribution < 1.29 is 49.3 Å². The number of hydrogen-bond donors (Lipinski definition) is 6. The fourth-order valence-corrected chi connectivity index (χ4v) is 7.53. The third-order valence-electron chi connectivity index (χ3n) is 11.7. The monoisotopic (exact) mass is 928 g/mol. The maximum atomic E-state index is 13.3. The summed E-state index contributed by atoms with van der Waals surface area (Å²) in [5.74, 6) is -1.25. The number of allylic oxidation sites excluding steroid dienone is 13. The number of aliphatic hydroxyl groups excluding tert-OH is 5. The Morgan fingerprint density at radius 2 is 1.09 bits per heavy atom. The molecule has 0 aromatic carbocycles. The number of aliphatic hydroxyl groups is 5. The first kappa shape index (κ1) is 60.9. The van der Waals surface area contributed by atoms with Gasteiger partial charge < -0.3 is 45.1 Å². The van der Waals surface area contributed by atoms with Crippen LogP contribution < -0.4 is 5.32 Å². The van der Waals surface area contributed by atoms with Gasteiger partial charge in [-0.05, 0) is 64.2 Å². The van der Waals surface area contributed by atoms with Gasteiger partial charge in [-0.15, -0.1) is 0 Å². The molecule has 1 fully saturated rings. The van der Waals surface area contributed by atoms with E-state index in [0.717, 1.165) is 96.3 Å². The molecule has 8 unspecified atom stereocenters. The summed E-state index contributed by atoms with van der Waals surface area (Å²) in [5.41, 5.74) is 0. The molecule has 1 amide bonds. The van der Waals surface area contributed by atoms with Crippen molar-refractivity contribution in [3.8, 4) is 0 Å². The molecule has 1 aliphatic heterocycles. The second-order valence-electron chi connectivity index (χ2n) is 17.6. The Morgan fingerprint density at radius 3 is 1.62 bits per heavy atom. The second-order valence-corrected chi connectivity index (χ2v) is 17.6. The van der Waals surface area contributed by atoms with E-state index in [1.54, 1.807) is 6.08 Å². The van der Waals surface area contributed by atoms with E-state index in [9.17, 15) is 35.1 Å². The van der Waals surface area contributed by atoms with E-state index < -0.39 is 67.4 Å². The van der Waals surface area contributed by atoms with Crippen LogP contribution in [0.4, 0.5) is 0 Å². The van der Waals surface area contributed by atoms with Crippen LogP contribution in [0.1, 0.15) is 188 Å². The first-order valence-electron chi connectivity index (χ1n) is 25.9. The smallest absolute Gasteiger partial charge is 0.306 e. The Labute approximate surface area is 400 Å². The standard InChI is InChI=1S/C55H93NO10/c1-4-7-10-13-16-19-22-25-28-31-34-37-40-43-50(60)66-53-52(62)51(61)49(44-57)65-55(53)64-45-46(47(58)41-38-35-32-29-26-23-20-17-14-11-8-5-2)56-54(63)48(59)42-39-36-33-30-27-24-21-18-15-12-9-6-3/h7,9-10,12-13,15-16,18-19,21-22,24,38,41,46-49,51-53,55,57-59,61-62H,4-6,8,11,14,17,20,23,25-37,39-40,42-45H2,1-3H3,(H,56,63)/b10-7+,12-9+,16-13+,18-15+,22-19-,24-21-,41-38+. The average Bonchev–Trinajstić information content (AvgIpc) is 3.31. The molecular formula is C55H93NO10. The summed E-state index contributed by atoms with van der Waals surface area (Å²) in [6.45, 7) is 5.44. The number of unbranched alkanes of at least 4 members (excludes halogenated alkanes) is 19. The number of carbonyl (C=O) groups excluding carboxylic acids is 2. The fraction of sp³-hybridized carbons (Fsp3) is 0.709. The van der Waals surface area contributed by atoms with Crippen LogP contribution in [0.25, 0.3) is 0 Å². The molecule has 378 valence electrons. The summed E-state index contributed by atoms with van der Waals surface area (Å²) in [4.78, 5) is 26.3. The number of hydrogen-bond acceptors (Lipinski definition) is 10. The highest BCUT2D eigenvalue weighted by Gasteiger charge is 2.47. The summed E-state index contributed by atoms with van der Waals surface area (Å²) in [6.07, 6.45) is 43.5. The van der Waals surface area contributed by atoms with Crippen molar-refractivity contribution in [1.82, 2.24) is 5.32 Å². The topological polar surface area (TPSA) is 175 Å². The van der Waals surface area contributed by atoms with Gasteiger partial charge in [0.2, 0.25) is 5.91 Å². The highest BCUT2D eigenvalue weighted by molar-refractivity contribution is 5.80. The molecule has 11 nitrogen and oxygen atoms in total. The molecule has 8 atom stereocenters. The molecule has 1 aliphatic rings. The van der Waals surface area contributed by atoms with Crippen LogP contribution in [0.3, 0.4) is 0 Å². The van der Waals surface area contributed by atoms with Crippen molar-refractivity contribution in [3.63, 3.8) is 0 Å². The first-order chi connectivity index (χ1) is 32.2. The predicted octanol–water partition coefficient (Wildman–Crippen LogP) is 10.7. The van der Waals surface area contributed by atoms with Crippen LogP contribution in [-0.4, -0.2) is 99.6 Å². The Kier molecular flexibility index (Phi) is 39.8. The van der Waals surface area contributed by atoms with E-state index in [1.165, 1.54) is 44.9 Å². The molecule has 1 saturated heterocycles. The first-order valence-corrected chi connectivity index (χ1v) is 25.9. The van der Waals surface area contributed by atoms with Crippen molar-refractivity contribution >= 4 is 11.9 Å². The summed E-state index contributed by atoms with van der Waals surface area (Å²) >= 11 is 0. The molecule has 6 N–H and O–H groups in total. The lowest BCUT2D eigenvalue weighted by atomic mass is 9.99. The van der Waals surface area contributed by atoms with Crippen LogP contribution in [0.15, 0.2) is 85.1 Å². The van der Waals surface area contributed by atoms with Crippen LogP contribution in [0.2, 0.25) is 0 Å². The van der Waals surface area contributed by atoms with Crippen molar-refractivity contribution in [2.24, 2.45) is 0 Å². The minimum atomic E-state index is -1.63. The van der Waals surface area contributed by atoms with Gasteiger partial charge >= 0.3 is 5.97 Å². The molecule has 0 bridgehead atoms. The van der Waals surface area contributed by atoms with E-state index in [4.69, 9.17) is 14.2 Å². The van der Waals surface area contributed by atoms with Gasteiger partial charge in [0.15, 0.2) is 12.4 Å². The van der Waals surface area contributed by atoms with Crippen LogP contribution >= 0.6 is 0 Å². The minimum absolute atomic E-state index is 0.0937.